The number of methoxy groups -OCH3 is 1. The number of nitro benzene ring substituents is 1. The molecule has 19 heavy (non-hydrogen) atoms. The molecule has 0 spiro atoms. The van der Waals surface area contributed by atoms with Gasteiger partial charge >= 0.3 is 0 Å². The molecule has 0 saturated heterocycles. The molecule has 1 unspecified atom stereocenters. The number of benzene rings is 2. The lowest BCUT2D eigenvalue weighted by Gasteiger charge is -2.04. The second kappa shape index (κ2) is 5.62. The molecule has 0 saturated carbocycles. The lowest BCUT2D eigenvalue weighted by Crippen LogP contribution is -1.99. The molecule has 1 atom stereocenters. The Labute approximate surface area is 112 Å². The van der Waals surface area contributed by atoms with Crippen LogP contribution in [0.25, 0.3) is 0 Å². The fourth-order valence-electron chi connectivity index (χ4n) is 1.59. The maximum atomic E-state index is 12.3. The van der Waals surface area contributed by atoms with Gasteiger partial charge in [-0.3, -0.25) is 10.1 Å². The first kappa shape index (κ1) is 13.2. The number of hydrogen-bond acceptors (Lipinski definition) is 4. The number of ether oxygens (including phenoxy) is 1. The first-order valence-corrected chi connectivity index (χ1v) is 6.57. The number of hydrogen-bond donors (Lipinski definition) is 0. The number of nitrogens with zero attached hydrogens (tertiary/aromatic N) is 1. The van der Waals surface area contributed by atoms with E-state index in [-0.39, 0.29) is 10.6 Å². The Morgan fingerprint density at radius 2 is 1.74 bits per heavy atom. The van der Waals surface area contributed by atoms with Crippen molar-refractivity contribution in [1.29, 1.82) is 0 Å². The molecule has 0 amide bonds. The van der Waals surface area contributed by atoms with Crippen molar-refractivity contribution >= 4 is 16.5 Å². The average molecular weight is 277 g/mol. The second-order valence-electron chi connectivity index (χ2n) is 3.67. The number of nitro groups is 1. The van der Waals surface area contributed by atoms with Crippen LogP contribution in [-0.4, -0.2) is 16.2 Å². The van der Waals surface area contributed by atoms with E-state index < -0.39 is 15.7 Å². The molecule has 0 radical (unpaired) electrons. The lowest BCUT2D eigenvalue weighted by atomic mass is 10.3. The number of para-hydroxylation sites is 1. The maximum absolute atomic E-state index is 12.3. The van der Waals surface area contributed by atoms with E-state index in [0.29, 0.717) is 10.6 Å². The van der Waals surface area contributed by atoms with Gasteiger partial charge in [0.05, 0.1) is 22.8 Å². The summed E-state index contributed by atoms with van der Waals surface area (Å²) >= 11 is 0. The van der Waals surface area contributed by atoms with Gasteiger partial charge in [0.25, 0.3) is 5.69 Å². The highest BCUT2D eigenvalue weighted by molar-refractivity contribution is 7.85. The molecule has 5 nitrogen and oxygen atoms in total. The Morgan fingerprint density at radius 1 is 1.11 bits per heavy atom. The van der Waals surface area contributed by atoms with E-state index in [2.05, 4.69) is 0 Å². The minimum atomic E-state index is -1.59. The fourth-order valence-corrected chi connectivity index (χ4v) is 2.76. The zero-order valence-electron chi connectivity index (χ0n) is 10.1. The maximum Gasteiger partial charge on any atom is 0.285 e. The highest BCUT2D eigenvalue weighted by atomic mass is 32.2. The van der Waals surface area contributed by atoms with E-state index in [1.165, 1.54) is 19.2 Å². The third-order valence-electron chi connectivity index (χ3n) is 2.54. The molecule has 2 aromatic rings. The summed E-state index contributed by atoms with van der Waals surface area (Å²) in [5, 5.41) is 10.9. The molecule has 0 fully saturated rings. The highest BCUT2D eigenvalue weighted by Crippen LogP contribution is 2.26. The molecule has 0 aliphatic rings. The van der Waals surface area contributed by atoms with Crippen LogP contribution in [0.5, 0.6) is 5.75 Å². The van der Waals surface area contributed by atoms with Gasteiger partial charge in [-0.1, -0.05) is 12.1 Å². The summed E-state index contributed by atoms with van der Waals surface area (Å²) < 4.78 is 17.3. The van der Waals surface area contributed by atoms with Crippen LogP contribution >= 0.6 is 0 Å². The van der Waals surface area contributed by atoms with Crippen LogP contribution in [0.3, 0.4) is 0 Å². The highest BCUT2D eigenvalue weighted by Gasteiger charge is 2.19. The number of rotatable bonds is 4. The summed E-state index contributed by atoms with van der Waals surface area (Å²) in [7, 11) is -0.0507. The van der Waals surface area contributed by atoms with Crippen LogP contribution in [0, 0.1) is 10.1 Å². The minimum absolute atomic E-state index is 0.142. The third kappa shape index (κ3) is 2.79. The standard InChI is InChI=1S/C13H11NO4S/c1-18-10-6-8-11(9-7-10)19(17)13-5-3-2-4-12(13)14(15)16/h2-9H,1H3. The first-order chi connectivity index (χ1) is 9.13. The van der Waals surface area contributed by atoms with Gasteiger partial charge in [0.2, 0.25) is 0 Å². The third-order valence-corrected chi connectivity index (χ3v) is 3.98. The molecule has 0 heterocycles. The summed E-state index contributed by atoms with van der Waals surface area (Å²) in [6, 6.07) is 12.6. The van der Waals surface area contributed by atoms with Crippen molar-refractivity contribution in [3.63, 3.8) is 0 Å². The summed E-state index contributed by atoms with van der Waals surface area (Å²) in [6.45, 7) is 0. The Bertz CT molecular complexity index is 625. The molecule has 6 heteroatoms. The molecule has 2 aromatic carbocycles. The zero-order chi connectivity index (χ0) is 13.8. The van der Waals surface area contributed by atoms with Crippen molar-refractivity contribution in [2.24, 2.45) is 0 Å². The van der Waals surface area contributed by atoms with Gasteiger partial charge in [-0.2, -0.15) is 0 Å². The predicted molar refractivity (Wildman–Crippen MR) is 70.8 cm³/mol. The molecule has 98 valence electrons. The SMILES string of the molecule is COc1ccc(S(=O)c2ccccc2[N+](=O)[O-])cc1. The summed E-state index contributed by atoms with van der Waals surface area (Å²) in [5.41, 5.74) is -0.142. The van der Waals surface area contributed by atoms with Crippen LogP contribution in [0.4, 0.5) is 5.69 Å². The van der Waals surface area contributed by atoms with Crippen LogP contribution in [0.15, 0.2) is 58.3 Å². The fraction of sp³-hybridized carbons (Fsp3) is 0.0769. The van der Waals surface area contributed by atoms with Gasteiger partial charge in [0.1, 0.15) is 10.6 Å². The monoisotopic (exact) mass is 277 g/mol. The van der Waals surface area contributed by atoms with Crippen LogP contribution in [0.1, 0.15) is 0 Å². The minimum Gasteiger partial charge on any atom is -0.497 e. The molecular formula is C13H11NO4S. The van der Waals surface area contributed by atoms with E-state index in [1.807, 2.05) is 0 Å². The van der Waals surface area contributed by atoms with E-state index >= 15 is 0 Å². The molecule has 0 N–H and O–H groups in total. The normalized spacial score (nSPS) is 11.8. The average Bonchev–Trinajstić information content (AvgIpc) is 2.46. The van der Waals surface area contributed by atoms with E-state index in [4.69, 9.17) is 4.74 Å². The van der Waals surface area contributed by atoms with Gasteiger partial charge < -0.3 is 4.74 Å². The summed E-state index contributed by atoms with van der Waals surface area (Å²) in [4.78, 5) is 11.1. The van der Waals surface area contributed by atoms with Crippen LogP contribution in [0.2, 0.25) is 0 Å². The van der Waals surface area contributed by atoms with Crippen molar-refractivity contribution < 1.29 is 13.9 Å². The quantitative estimate of drug-likeness (QED) is 0.636. The smallest absolute Gasteiger partial charge is 0.285 e. The predicted octanol–water partition coefficient (Wildman–Crippen LogP) is 2.77. The van der Waals surface area contributed by atoms with Crippen LogP contribution in [-0.2, 0) is 10.8 Å². The summed E-state index contributed by atoms with van der Waals surface area (Å²) in [5.74, 6) is 0.642. The lowest BCUT2D eigenvalue weighted by molar-refractivity contribution is -0.387. The Kier molecular flexibility index (Phi) is 3.91. The first-order valence-electron chi connectivity index (χ1n) is 5.42. The Balaban J connectivity index is 2.41. The van der Waals surface area contributed by atoms with Gasteiger partial charge in [0, 0.05) is 11.0 Å². The Morgan fingerprint density at radius 3 is 2.32 bits per heavy atom. The summed E-state index contributed by atoms with van der Waals surface area (Å²) in [6.07, 6.45) is 0. The van der Waals surface area contributed by atoms with E-state index in [0.717, 1.165) is 0 Å². The van der Waals surface area contributed by atoms with Gasteiger partial charge in [0.15, 0.2) is 0 Å². The molecule has 0 aromatic heterocycles. The molecular weight excluding hydrogens is 266 g/mol. The Hall–Kier alpha value is -2.21. The van der Waals surface area contributed by atoms with Crippen LogP contribution < -0.4 is 4.74 Å². The molecule has 0 bridgehead atoms. The van der Waals surface area contributed by atoms with Gasteiger partial charge in [-0.15, -0.1) is 0 Å². The van der Waals surface area contributed by atoms with Crippen molar-refractivity contribution in [3.8, 4) is 5.75 Å². The van der Waals surface area contributed by atoms with Crippen molar-refractivity contribution in [2.45, 2.75) is 9.79 Å². The molecule has 0 aliphatic heterocycles. The van der Waals surface area contributed by atoms with E-state index in [1.54, 1.807) is 36.4 Å². The van der Waals surface area contributed by atoms with E-state index in [9.17, 15) is 14.3 Å². The van der Waals surface area contributed by atoms with Crippen molar-refractivity contribution in [1.82, 2.24) is 0 Å². The zero-order valence-corrected chi connectivity index (χ0v) is 10.9. The topological polar surface area (TPSA) is 69.4 Å². The molecule has 0 aliphatic carbocycles. The van der Waals surface area contributed by atoms with Gasteiger partial charge in [-0.05, 0) is 30.3 Å². The van der Waals surface area contributed by atoms with Crippen molar-refractivity contribution in [3.05, 3.63) is 58.6 Å². The van der Waals surface area contributed by atoms with Gasteiger partial charge in [-0.25, -0.2) is 4.21 Å². The second-order valence-corrected chi connectivity index (χ2v) is 5.12. The van der Waals surface area contributed by atoms with Crippen molar-refractivity contribution in [2.75, 3.05) is 7.11 Å². The molecule has 2 rings (SSSR count). The largest absolute Gasteiger partial charge is 0.497 e.